The lowest BCUT2D eigenvalue weighted by atomic mass is 9.77. The summed E-state index contributed by atoms with van der Waals surface area (Å²) in [5.41, 5.74) is 1.34. The van der Waals surface area contributed by atoms with Gasteiger partial charge < -0.3 is 0 Å². The maximum Gasteiger partial charge on any atom is 0.271 e. The second-order valence-electron chi connectivity index (χ2n) is 7.04. The molecule has 6 nitrogen and oxygen atoms in total. The normalized spacial score (nSPS) is 19.4. The number of carbonyl (C=O) groups excluding carboxylic acids is 2. The highest BCUT2D eigenvalue weighted by atomic mass is 35.5. The van der Waals surface area contributed by atoms with E-state index in [1.165, 1.54) is 29.2 Å². The Morgan fingerprint density at radius 3 is 2.59 bits per heavy atom. The number of allylic oxidation sites excluding steroid dienone is 2. The van der Waals surface area contributed by atoms with Crippen LogP contribution >= 0.6 is 11.6 Å². The number of anilines is 1. The van der Waals surface area contributed by atoms with Crippen LogP contribution in [-0.4, -0.2) is 16.6 Å². The third kappa shape index (κ3) is 3.31. The van der Waals surface area contributed by atoms with Gasteiger partial charge >= 0.3 is 0 Å². The second kappa shape index (κ2) is 7.40. The molecule has 0 saturated heterocycles. The Morgan fingerprint density at radius 1 is 1.14 bits per heavy atom. The molecule has 8 heteroatoms. The summed E-state index contributed by atoms with van der Waals surface area (Å²) >= 11 is 6.25. The molecule has 1 unspecified atom stereocenters. The van der Waals surface area contributed by atoms with Crippen LogP contribution in [0.25, 0.3) is 0 Å². The highest BCUT2D eigenvalue weighted by Crippen LogP contribution is 2.45. The number of hydrogen-bond acceptors (Lipinski definition) is 4. The Bertz CT molecular complexity index is 1080. The number of nitro benzene ring substituents is 1. The summed E-state index contributed by atoms with van der Waals surface area (Å²) in [7, 11) is 0. The molecule has 2 aromatic carbocycles. The molecule has 0 N–H and O–H groups in total. The summed E-state index contributed by atoms with van der Waals surface area (Å²) in [6.07, 6.45) is 1.28. The van der Waals surface area contributed by atoms with Gasteiger partial charge in [0.25, 0.3) is 5.69 Å². The predicted molar refractivity (Wildman–Crippen MR) is 105 cm³/mol. The summed E-state index contributed by atoms with van der Waals surface area (Å²) in [6, 6.07) is 9.99. The van der Waals surface area contributed by atoms with Crippen LogP contribution in [-0.2, 0) is 9.59 Å². The van der Waals surface area contributed by atoms with E-state index >= 15 is 0 Å². The van der Waals surface area contributed by atoms with Crippen molar-refractivity contribution in [1.82, 2.24) is 0 Å². The van der Waals surface area contributed by atoms with E-state index in [2.05, 4.69) is 0 Å². The molecule has 0 aromatic heterocycles. The zero-order valence-electron chi connectivity index (χ0n) is 15.2. The first kappa shape index (κ1) is 19.3. The fourth-order valence-corrected chi connectivity index (χ4v) is 4.35. The van der Waals surface area contributed by atoms with Gasteiger partial charge in [-0.15, -0.1) is 0 Å². The van der Waals surface area contributed by atoms with Gasteiger partial charge in [0.15, 0.2) is 5.78 Å². The molecule has 0 saturated carbocycles. The number of nitrogens with zero attached hydrogens (tertiary/aromatic N) is 2. The first-order chi connectivity index (χ1) is 13.9. The number of hydrogen-bond donors (Lipinski definition) is 0. The topological polar surface area (TPSA) is 80.5 Å². The molecular weight excluding hydrogens is 399 g/mol. The Hall–Kier alpha value is -3.06. The fourth-order valence-electron chi connectivity index (χ4n) is 4.09. The molecule has 1 amide bonds. The molecule has 0 bridgehead atoms. The van der Waals surface area contributed by atoms with Crippen molar-refractivity contribution in [1.29, 1.82) is 0 Å². The minimum atomic E-state index is -0.653. The molecule has 29 heavy (non-hydrogen) atoms. The van der Waals surface area contributed by atoms with E-state index in [0.29, 0.717) is 36.1 Å². The van der Waals surface area contributed by atoms with Gasteiger partial charge in [-0.3, -0.25) is 24.6 Å². The molecule has 0 spiro atoms. The van der Waals surface area contributed by atoms with Gasteiger partial charge in [-0.1, -0.05) is 29.8 Å². The van der Waals surface area contributed by atoms with Crippen LogP contribution in [0.2, 0.25) is 5.02 Å². The highest BCUT2D eigenvalue weighted by Gasteiger charge is 2.41. The Kier molecular flexibility index (Phi) is 4.92. The zero-order chi connectivity index (χ0) is 20.7. The van der Waals surface area contributed by atoms with Gasteiger partial charge in [0.1, 0.15) is 5.82 Å². The number of Topliss-reactive ketones (excluding diaryl/α,β-unsaturated/α-hetero) is 1. The van der Waals surface area contributed by atoms with Crippen LogP contribution in [0.1, 0.15) is 37.2 Å². The lowest BCUT2D eigenvalue weighted by Gasteiger charge is -2.38. The van der Waals surface area contributed by atoms with Crippen LogP contribution in [0, 0.1) is 15.9 Å². The van der Waals surface area contributed by atoms with Gasteiger partial charge in [-0.2, -0.15) is 0 Å². The number of benzene rings is 2. The molecule has 148 valence electrons. The van der Waals surface area contributed by atoms with Crippen molar-refractivity contribution < 1.29 is 18.9 Å². The average molecular weight is 415 g/mol. The standard InChI is InChI=1S/C21H16ClFN2O4/c22-15-10-12(25(28)29)8-9-17(15)24-18-6-3-7-19(26)21(18)14(11-20(24)27)13-4-1-2-5-16(13)23/h1-2,4-5,8-10,14H,3,6-7,11H2. The smallest absolute Gasteiger partial charge is 0.271 e. The quantitative estimate of drug-likeness (QED) is 0.527. The van der Waals surface area contributed by atoms with Crippen molar-refractivity contribution in [3.05, 3.63) is 80.3 Å². The van der Waals surface area contributed by atoms with Gasteiger partial charge in [-0.25, -0.2) is 4.39 Å². The fraction of sp³-hybridized carbons (Fsp3) is 0.238. The Balaban J connectivity index is 1.87. The van der Waals surface area contributed by atoms with E-state index in [0.717, 1.165) is 0 Å². The first-order valence-corrected chi connectivity index (χ1v) is 9.54. The van der Waals surface area contributed by atoms with E-state index in [4.69, 9.17) is 11.6 Å². The number of nitro groups is 1. The average Bonchev–Trinajstić information content (AvgIpc) is 2.68. The van der Waals surface area contributed by atoms with E-state index in [1.807, 2.05) is 0 Å². The first-order valence-electron chi connectivity index (χ1n) is 9.16. The van der Waals surface area contributed by atoms with Crippen LogP contribution in [0.3, 0.4) is 0 Å². The van der Waals surface area contributed by atoms with Gasteiger partial charge in [-0.05, 0) is 30.5 Å². The summed E-state index contributed by atoms with van der Waals surface area (Å²) in [4.78, 5) is 37.7. The summed E-state index contributed by atoms with van der Waals surface area (Å²) in [6.45, 7) is 0. The van der Waals surface area contributed by atoms with Crippen LogP contribution in [0.15, 0.2) is 53.7 Å². The monoisotopic (exact) mass is 414 g/mol. The number of non-ortho nitro benzene ring substituents is 1. The SMILES string of the molecule is O=C1CCCC2=C1C(c1ccccc1F)CC(=O)N2c1ccc([N+](=O)[O-])cc1Cl. The van der Waals surface area contributed by atoms with Crippen molar-refractivity contribution in [2.75, 3.05) is 4.90 Å². The van der Waals surface area contributed by atoms with E-state index < -0.39 is 16.7 Å². The van der Waals surface area contributed by atoms with Crippen molar-refractivity contribution >= 4 is 34.7 Å². The number of halogens is 2. The third-order valence-corrected chi connectivity index (χ3v) is 5.64. The summed E-state index contributed by atoms with van der Waals surface area (Å²) in [5.74, 6) is -1.56. The Morgan fingerprint density at radius 2 is 1.90 bits per heavy atom. The van der Waals surface area contributed by atoms with E-state index in [-0.39, 0.29) is 34.5 Å². The molecular formula is C21H16ClFN2O4. The zero-order valence-corrected chi connectivity index (χ0v) is 16.0. The minimum Gasteiger partial charge on any atom is -0.294 e. The van der Waals surface area contributed by atoms with Crippen LogP contribution in [0.5, 0.6) is 0 Å². The number of ketones is 1. The van der Waals surface area contributed by atoms with Gasteiger partial charge in [0.2, 0.25) is 5.91 Å². The number of carbonyl (C=O) groups is 2. The maximum atomic E-state index is 14.4. The third-order valence-electron chi connectivity index (χ3n) is 5.34. The molecule has 0 fully saturated rings. The molecule has 1 aliphatic carbocycles. The highest BCUT2D eigenvalue weighted by molar-refractivity contribution is 6.34. The van der Waals surface area contributed by atoms with E-state index in [1.54, 1.807) is 18.2 Å². The number of rotatable bonds is 3. The molecule has 2 aromatic rings. The number of amides is 1. The van der Waals surface area contributed by atoms with Gasteiger partial charge in [0.05, 0.1) is 15.6 Å². The summed E-state index contributed by atoms with van der Waals surface area (Å²) < 4.78 is 14.4. The molecule has 2 aliphatic rings. The minimum absolute atomic E-state index is 0.0433. The van der Waals surface area contributed by atoms with E-state index in [9.17, 15) is 24.1 Å². The molecule has 0 radical (unpaired) electrons. The lowest BCUT2D eigenvalue weighted by Crippen LogP contribution is -2.40. The molecule has 4 rings (SSSR count). The van der Waals surface area contributed by atoms with Crippen LogP contribution < -0.4 is 4.90 Å². The van der Waals surface area contributed by atoms with Crippen molar-refractivity contribution in [2.45, 2.75) is 31.6 Å². The van der Waals surface area contributed by atoms with Crippen molar-refractivity contribution in [3.63, 3.8) is 0 Å². The van der Waals surface area contributed by atoms with Gasteiger partial charge in [0, 0.05) is 42.2 Å². The summed E-state index contributed by atoms with van der Waals surface area (Å²) in [5, 5.41) is 11.0. The lowest BCUT2D eigenvalue weighted by molar-refractivity contribution is -0.384. The predicted octanol–water partition coefficient (Wildman–Crippen LogP) is 4.91. The second-order valence-corrected chi connectivity index (χ2v) is 7.44. The van der Waals surface area contributed by atoms with Crippen molar-refractivity contribution in [3.8, 4) is 0 Å². The van der Waals surface area contributed by atoms with Crippen LogP contribution in [0.4, 0.5) is 15.8 Å². The largest absolute Gasteiger partial charge is 0.294 e. The molecule has 1 atom stereocenters. The van der Waals surface area contributed by atoms with Crippen molar-refractivity contribution in [2.24, 2.45) is 0 Å². The molecule has 1 heterocycles. The maximum absolute atomic E-state index is 14.4. The molecule has 1 aliphatic heterocycles. The Labute approximate surface area is 170 Å².